The molecule has 2 unspecified atom stereocenters. The number of phenolic OH excluding ortho intramolecular Hbond substituents is 1. The molecule has 66 heavy (non-hydrogen) atoms. The molecule has 0 amide bonds. The van der Waals surface area contributed by atoms with Crippen molar-refractivity contribution in [3.63, 3.8) is 0 Å². The van der Waals surface area contributed by atoms with Crippen molar-refractivity contribution in [1.29, 1.82) is 0 Å². The van der Waals surface area contributed by atoms with Gasteiger partial charge < -0.3 is 29.1 Å². The number of nitrogens with one attached hydrogen (secondary N) is 4. The number of benzene rings is 1. The van der Waals surface area contributed by atoms with Crippen molar-refractivity contribution in [1.82, 2.24) is 36.7 Å². The third-order valence-corrected chi connectivity index (χ3v) is 9.21. The number of carbonyl (C=O) groups is 2. The standard InChI is InChI=1S/C10H13FO.C7H11NO.C7H10O3.C6H11N3.C6H10N2O.C6H9NO2.C5H9N3/c1-6(2)8-5-4-7(3)10(12)9(8)11;1-5(2)7-4-6(3)9-8-7;1-3(2)4-5(8)7(10)6(4)9;1-4(2)6-7-5(3)8-9-6;1-4(2)6-7-5(3)9-8-6;1-4(2)6-7-9-5(3)8-6;1-4(2)5-6-3-7-8-5/h4-6,12H,1-3H3;4-5H,1-3H3;3-5,8H,1-2H3;4,8H,3H2,1-2H3,(H,7,9);4H,3H2,1-2H3,(H,7,8);4H,3H2,1-2H3;3-4H,1-2H3,(H,6,7,8). The summed E-state index contributed by atoms with van der Waals surface area (Å²) in [7, 11) is 0. The van der Waals surface area contributed by atoms with Gasteiger partial charge in [0.25, 0.3) is 0 Å². The number of oxime groups is 1. The number of aryl methyl sites for hydroxylation is 2. The van der Waals surface area contributed by atoms with Crippen molar-refractivity contribution in [2.45, 2.75) is 135 Å². The van der Waals surface area contributed by atoms with Gasteiger partial charge in [0.15, 0.2) is 11.6 Å². The minimum Gasteiger partial charge on any atom is -0.505 e. The molecule has 19 heteroatoms. The number of hydroxylamine groups is 1. The maximum absolute atomic E-state index is 13.3. The number of hydrogen-bond acceptors (Lipinski definition) is 17. The van der Waals surface area contributed by atoms with Gasteiger partial charge in [-0.1, -0.05) is 121 Å². The molecule has 5 heterocycles. The number of amidine groups is 2. The first kappa shape index (κ1) is 57.6. The first-order chi connectivity index (χ1) is 30.7. The van der Waals surface area contributed by atoms with Crippen LogP contribution >= 0.6 is 0 Å². The lowest BCUT2D eigenvalue weighted by Crippen LogP contribution is -2.54. The van der Waals surface area contributed by atoms with Crippen molar-refractivity contribution < 1.29 is 43.1 Å². The summed E-state index contributed by atoms with van der Waals surface area (Å²) in [6, 6.07) is 5.41. The molecular weight excluding hydrogens is 852 g/mol. The number of ketones is 2. The Morgan fingerprint density at radius 2 is 1.39 bits per heavy atom. The molecule has 1 aliphatic carbocycles. The van der Waals surface area contributed by atoms with Gasteiger partial charge in [0.05, 0.1) is 11.6 Å². The summed E-state index contributed by atoms with van der Waals surface area (Å²) < 4.78 is 23.1. The molecule has 1 aromatic carbocycles. The van der Waals surface area contributed by atoms with Gasteiger partial charge >= 0.3 is 5.95 Å². The van der Waals surface area contributed by atoms with Crippen LogP contribution in [0, 0.1) is 49.3 Å². The molecule has 18 nitrogen and oxygen atoms in total. The van der Waals surface area contributed by atoms with Gasteiger partial charge in [-0.15, -0.1) is 0 Å². The van der Waals surface area contributed by atoms with E-state index in [0.717, 1.165) is 28.9 Å². The Labute approximate surface area is 389 Å². The molecule has 0 spiro atoms. The van der Waals surface area contributed by atoms with E-state index in [1.807, 2.05) is 68.4 Å². The molecule has 1 saturated carbocycles. The summed E-state index contributed by atoms with van der Waals surface area (Å²) in [6.45, 7) is 42.1. The van der Waals surface area contributed by atoms with Crippen LogP contribution in [0.5, 0.6) is 5.75 Å². The molecule has 0 saturated heterocycles. The lowest BCUT2D eigenvalue weighted by molar-refractivity contribution is -0.160. The predicted molar refractivity (Wildman–Crippen MR) is 254 cm³/mol. The van der Waals surface area contributed by atoms with E-state index in [-0.39, 0.29) is 29.4 Å². The molecule has 4 aliphatic rings. The fourth-order valence-electron chi connectivity index (χ4n) is 5.08. The van der Waals surface area contributed by atoms with Gasteiger partial charge in [-0.25, -0.2) is 19.8 Å². The van der Waals surface area contributed by atoms with Gasteiger partial charge in [0.2, 0.25) is 23.3 Å². The minimum atomic E-state index is -1.02. The van der Waals surface area contributed by atoms with Crippen molar-refractivity contribution >= 4 is 29.1 Å². The van der Waals surface area contributed by atoms with E-state index >= 15 is 0 Å². The van der Waals surface area contributed by atoms with Gasteiger partial charge in [0, 0.05) is 29.7 Å². The summed E-state index contributed by atoms with van der Waals surface area (Å²) in [5.41, 5.74) is 10.5. The number of rotatable bonds is 7. The number of nitrogens with zero attached hydrogens (tertiary/aromatic N) is 6. The summed E-state index contributed by atoms with van der Waals surface area (Å²) in [4.78, 5) is 42.6. The second-order valence-corrected chi connectivity index (χ2v) is 17.5. The Bertz CT molecular complexity index is 2100. The quantitative estimate of drug-likeness (QED) is 0.121. The molecule has 2 aromatic heterocycles. The fourth-order valence-corrected chi connectivity index (χ4v) is 5.08. The van der Waals surface area contributed by atoms with Crippen LogP contribution in [0.3, 0.4) is 0 Å². The number of H-pyrrole nitrogens is 1. The molecule has 3 aromatic rings. The van der Waals surface area contributed by atoms with E-state index in [2.05, 4.69) is 118 Å². The number of hydrogen-bond donors (Lipinski definition) is 6. The Hall–Kier alpha value is -6.37. The zero-order chi connectivity index (χ0) is 50.6. The van der Waals surface area contributed by atoms with Crippen LogP contribution in [0.2, 0.25) is 0 Å². The highest BCUT2D eigenvalue weighted by Crippen LogP contribution is 2.28. The molecule has 2 atom stereocenters. The number of halogens is 1. The van der Waals surface area contributed by atoms with Crippen LogP contribution in [0.4, 0.5) is 4.39 Å². The van der Waals surface area contributed by atoms with Crippen molar-refractivity contribution in [3.05, 3.63) is 96.1 Å². The number of aromatic amines is 1. The highest BCUT2D eigenvalue weighted by Gasteiger charge is 2.49. The van der Waals surface area contributed by atoms with E-state index < -0.39 is 29.4 Å². The fraction of sp³-hybridized carbons (Fsp3) is 0.532. The second-order valence-electron chi connectivity index (χ2n) is 17.5. The summed E-state index contributed by atoms with van der Waals surface area (Å²) in [5, 5.41) is 32.1. The monoisotopic (exact) mass is 925 g/mol. The smallest absolute Gasteiger partial charge is 0.308 e. The molecule has 0 bridgehead atoms. The minimum absolute atomic E-state index is 0.0696. The first-order valence-electron chi connectivity index (χ1n) is 21.8. The van der Waals surface area contributed by atoms with Crippen LogP contribution < -0.4 is 16.3 Å². The second kappa shape index (κ2) is 27.8. The number of aromatic nitrogens is 4. The number of hydrazine groups is 1. The molecule has 6 N–H and O–H groups in total. The third-order valence-electron chi connectivity index (χ3n) is 9.21. The third kappa shape index (κ3) is 19.4. The zero-order valence-electron chi connectivity index (χ0n) is 41.5. The lowest BCUT2D eigenvalue weighted by atomic mass is 9.72. The number of carbonyl (C=O) groups excluding carboxylic acids is 2. The first-order valence-corrected chi connectivity index (χ1v) is 21.8. The molecule has 366 valence electrons. The van der Waals surface area contributed by atoms with E-state index in [9.17, 15) is 19.1 Å². The molecular formula is C47H73FN10O8. The number of aliphatic imine (C=N–C) groups is 2. The maximum Gasteiger partial charge on any atom is 0.308 e. The van der Waals surface area contributed by atoms with Crippen LogP contribution in [0.15, 0.2) is 81.6 Å². The topological polar surface area (TPSA) is 243 Å². The number of aliphatic hydroxyl groups excluding tert-OH is 1. The van der Waals surface area contributed by atoms with E-state index in [1.165, 1.54) is 6.33 Å². The molecule has 7 rings (SSSR count). The van der Waals surface area contributed by atoms with E-state index in [4.69, 9.17) is 19.2 Å². The average Bonchev–Trinajstić information content (AvgIpc) is 4.10. The number of aliphatic hydroxyl groups is 1. The van der Waals surface area contributed by atoms with E-state index in [1.54, 1.807) is 19.1 Å². The van der Waals surface area contributed by atoms with Crippen molar-refractivity contribution in [3.8, 4) is 5.75 Å². The van der Waals surface area contributed by atoms with Gasteiger partial charge in [0.1, 0.15) is 41.5 Å². The summed E-state index contributed by atoms with van der Waals surface area (Å²) in [5.74, 6) is 5.65. The Balaban J connectivity index is 0.000000386. The average molecular weight is 925 g/mol. The van der Waals surface area contributed by atoms with E-state index in [0.29, 0.717) is 52.4 Å². The van der Waals surface area contributed by atoms with Crippen LogP contribution in [0.25, 0.3) is 0 Å². The molecule has 3 aliphatic heterocycles. The zero-order valence-corrected chi connectivity index (χ0v) is 41.5. The number of aromatic hydroxyl groups is 1. The summed E-state index contributed by atoms with van der Waals surface area (Å²) in [6.07, 6.45) is 0.502. The number of ether oxygens (including phenoxy) is 1. The number of Topliss-reactive ketones (excluding diaryl/α,β-unsaturated/α-hetero) is 2. The maximum atomic E-state index is 13.3. The van der Waals surface area contributed by atoms with Crippen LogP contribution in [-0.2, 0) is 24.0 Å². The van der Waals surface area contributed by atoms with Gasteiger partial charge in [-0.05, 0) is 61.0 Å². The van der Waals surface area contributed by atoms with Crippen LogP contribution in [-0.4, -0.2) is 65.8 Å². The predicted octanol–water partition coefficient (Wildman–Crippen LogP) is 8.91. The Morgan fingerprint density at radius 3 is 1.67 bits per heavy atom. The van der Waals surface area contributed by atoms with Crippen molar-refractivity contribution in [2.24, 2.45) is 44.7 Å². The Kier molecular flexibility index (Phi) is 24.3. The highest BCUT2D eigenvalue weighted by molar-refractivity contribution is 6.46. The SMILES string of the molecule is C=C1N=C(C(C)C)NN1.C=C1N=C(C(C)C)NO1.C=C1ON=C(C(C)C)O1.CC(C)C1C(=O)C(=O)C1O.CC(C)c1ncn[nH]1.Cc1cc(C(C)C)no1.Cc1ccc(C(C)C)c(F)c1O. The number of phenols is 1. The Morgan fingerprint density at radius 1 is 0.773 bits per heavy atom. The van der Waals surface area contributed by atoms with Gasteiger partial charge in [-0.3, -0.25) is 25.5 Å². The molecule has 0 radical (unpaired) electrons. The normalized spacial score (nSPS) is 16.7. The lowest BCUT2D eigenvalue weighted by Gasteiger charge is -2.31. The van der Waals surface area contributed by atoms with Crippen LogP contribution in [0.1, 0.15) is 143 Å². The molecule has 1 fully saturated rings. The largest absolute Gasteiger partial charge is 0.505 e. The van der Waals surface area contributed by atoms with Crippen molar-refractivity contribution in [2.75, 3.05) is 0 Å². The van der Waals surface area contributed by atoms with Gasteiger partial charge in [-0.2, -0.15) is 10.1 Å². The highest BCUT2D eigenvalue weighted by atomic mass is 19.1. The summed E-state index contributed by atoms with van der Waals surface area (Å²) >= 11 is 0.